The molecule has 0 radical (unpaired) electrons. The third-order valence-corrected chi connectivity index (χ3v) is 3.74. The minimum atomic E-state index is -0.909. The molecular weight excluding hydrogens is 322 g/mol. The van der Waals surface area contributed by atoms with E-state index in [0.717, 1.165) is 22.2 Å². The molecule has 0 amide bonds. The summed E-state index contributed by atoms with van der Waals surface area (Å²) in [6.45, 7) is 0. The van der Waals surface area contributed by atoms with Gasteiger partial charge in [-0.15, -0.1) is 0 Å². The summed E-state index contributed by atoms with van der Waals surface area (Å²) < 4.78 is 10.8. The van der Waals surface area contributed by atoms with Crippen LogP contribution in [0.5, 0.6) is 11.5 Å². The zero-order valence-corrected chi connectivity index (χ0v) is 13.8. The summed E-state index contributed by atoms with van der Waals surface area (Å²) in [6.07, 6.45) is 3.67. The van der Waals surface area contributed by atoms with Crippen molar-refractivity contribution in [2.45, 2.75) is 6.42 Å². The Labute approximate surface area is 143 Å². The van der Waals surface area contributed by atoms with Crippen molar-refractivity contribution in [1.82, 2.24) is 15.4 Å². The van der Waals surface area contributed by atoms with Gasteiger partial charge in [0.1, 0.15) is 22.5 Å². The number of hydrogen-bond donors (Lipinski definition) is 2. The number of fused-ring (bicyclic) bond motifs is 1. The second-order valence-corrected chi connectivity index (χ2v) is 5.39. The van der Waals surface area contributed by atoms with Gasteiger partial charge in [-0.2, -0.15) is 15.4 Å². The smallest absolute Gasteiger partial charge is 0.307 e. The van der Waals surface area contributed by atoms with Crippen LogP contribution in [0, 0.1) is 0 Å². The maximum Gasteiger partial charge on any atom is 0.307 e. The highest BCUT2D eigenvalue weighted by molar-refractivity contribution is 5.82. The quantitative estimate of drug-likeness (QED) is 0.670. The third kappa shape index (κ3) is 3.60. The number of carboxylic acid groups (broad SMARTS) is 1. The van der Waals surface area contributed by atoms with Gasteiger partial charge < -0.3 is 14.6 Å². The Morgan fingerprint density at radius 2 is 1.76 bits per heavy atom. The first-order valence-corrected chi connectivity index (χ1v) is 7.56. The number of benzene rings is 2. The van der Waals surface area contributed by atoms with Crippen molar-refractivity contribution >= 4 is 29.2 Å². The molecule has 0 fully saturated rings. The zero-order chi connectivity index (χ0) is 17.8. The molecular formula is C18H17N3O4. The number of hydrogen-bond acceptors (Lipinski definition) is 5. The number of methoxy groups -OCH3 is 2. The monoisotopic (exact) mass is 339 g/mol. The van der Waals surface area contributed by atoms with Gasteiger partial charge in [0.2, 0.25) is 0 Å². The van der Waals surface area contributed by atoms with Crippen molar-refractivity contribution in [2.75, 3.05) is 14.2 Å². The second-order valence-electron chi connectivity index (χ2n) is 5.39. The maximum atomic E-state index is 10.9. The topological polar surface area (TPSA) is 97.3 Å². The summed E-state index contributed by atoms with van der Waals surface area (Å²) in [7, 11) is 3.08. The summed E-state index contributed by atoms with van der Waals surface area (Å²) in [5.74, 6) is 0.192. The highest BCUT2D eigenvalue weighted by Crippen LogP contribution is 2.32. The molecule has 7 nitrogen and oxygen atoms in total. The molecule has 7 heteroatoms. The van der Waals surface area contributed by atoms with Crippen LogP contribution in [-0.2, 0) is 11.2 Å². The fourth-order valence-electron chi connectivity index (χ4n) is 2.57. The van der Waals surface area contributed by atoms with E-state index in [0.29, 0.717) is 17.1 Å². The van der Waals surface area contributed by atoms with Gasteiger partial charge in [-0.1, -0.05) is 12.1 Å². The van der Waals surface area contributed by atoms with Gasteiger partial charge in [0, 0.05) is 0 Å². The lowest BCUT2D eigenvalue weighted by atomic mass is 10.0. The summed E-state index contributed by atoms with van der Waals surface area (Å²) in [5, 5.41) is 19.6. The minimum Gasteiger partial charge on any atom is -0.496 e. The summed E-state index contributed by atoms with van der Waals surface area (Å²) in [4.78, 5) is 10.9. The Bertz CT molecular complexity index is 921. The number of aromatic nitrogens is 3. The van der Waals surface area contributed by atoms with E-state index in [1.54, 1.807) is 12.1 Å². The van der Waals surface area contributed by atoms with Crippen molar-refractivity contribution in [1.29, 1.82) is 0 Å². The van der Waals surface area contributed by atoms with E-state index < -0.39 is 5.97 Å². The molecule has 0 unspecified atom stereocenters. The predicted molar refractivity (Wildman–Crippen MR) is 93.7 cm³/mol. The van der Waals surface area contributed by atoms with Gasteiger partial charge in [0.15, 0.2) is 0 Å². The number of rotatable bonds is 6. The van der Waals surface area contributed by atoms with Crippen LogP contribution in [0.25, 0.3) is 23.2 Å². The van der Waals surface area contributed by atoms with Crippen LogP contribution < -0.4 is 9.47 Å². The molecule has 3 aromatic rings. The van der Waals surface area contributed by atoms with E-state index in [2.05, 4.69) is 15.4 Å². The maximum absolute atomic E-state index is 10.9. The zero-order valence-electron chi connectivity index (χ0n) is 13.8. The number of carbonyl (C=O) groups is 1. The molecule has 0 bridgehead atoms. The standard InChI is InChI=1S/C18H17N3O4/c1-24-16-8-12(10-18(22)23)9-17(25-2)13(16)5-3-11-4-6-14-15(7-11)20-21-19-14/h3-9H,10H2,1-2H3,(H,22,23)(H,19,20,21)/b5-3+. The van der Waals surface area contributed by atoms with Crippen LogP contribution in [0.15, 0.2) is 30.3 Å². The minimum absolute atomic E-state index is 0.0977. The highest BCUT2D eigenvalue weighted by Gasteiger charge is 2.12. The molecule has 2 aromatic carbocycles. The Balaban J connectivity index is 1.98. The van der Waals surface area contributed by atoms with Gasteiger partial charge >= 0.3 is 5.97 Å². The summed E-state index contributed by atoms with van der Waals surface area (Å²) in [5.41, 5.74) is 3.87. The number of H-pyrrole nitrogens is 1. The SMILES string of the molecule is COc1cc(CC(=O)O)cc(OC)c1/C=C/c1ccc2n[nH]nc2c1. The average Bonchev–Trinajstić information content (AvgIpc) is 3.06. The number of ether oxygens (including phenoxy) is 2. The van der Waals surface area contributed by atoms with Crippen molar-refractivity contribution in [3.8, 4) is 11.5 Å². The van der Waals surface area contributed by atoms with Crippen molar-refractivity contribution in [2.24, 2.45) is 0 Å². The van der Waals surface area contributed by atoms with Crippen LogP contribution in [-0.4, -0.2) is 40.7 Å². The third-order valence-electron chi connectivity index (χ3n) is 3.74. The lowest BCUT2D eigenvalue weighted by Gasteiger charge is -2.12. The van der Waals surface area contributed by atoms with Crippen LogP contribution in [0.3, 0.4) is 0 Å². The Morgan fingerprint density at radius 3 is 2.40 bits per heavy atom. The lowest BCUT2D eigenvalue weighted by molar-refractivity contribution is -0.136. The van der Waals surface area contributed by atoms with Gasteiger partial charge in [-0.25, -0.2) is 0 Å². The number of nitrogens with one attached hydrogen (secondary N) is 1. The highest BCUT2D eigenvalue weighted by atomic mass is 16.5. The van der Waals surface area contributed by atoms with E-state index in [1.807, 2.05) is 30.4 Å². The molecule has 0 saturated carbocycles. The Hall–Kier alpha value is -3.35. The summed E-state index contributed by atoms with van der Waals surface area (Å²) >= 11 is 0. The van der Waals surface area contributed by atoms with Gasteiger partial charge in [-0.05, 0) is 41.5 Å². The molecule has 25 heavy (non-hydrogen) atoms. The predicted octanol–water partition coefficient (Wildman–Crippen LogP) is 2.77. The molecule has 1 aromatic heterocycles. The van der Waals surface area contributed by atoms with Gasteiger partial charge in [0.05, 0.1) is 26.2 Å². The number of aliphatic carboxylic acids is 1. The fraction of sp³-hybridized carbons (Fsp3) is 0.167. The van der Waals surface area contributed by atoms with Crippen molar-refractivity contribution in [3.05, 3.63) is 47.0 Å². The van der Waals surface area contributed by atoms with E-state index >= 15 is 0 Å². The molecule has 128 valence electrons. The molecule has 0 aliphatic carbocycles. The first-order chi connectivity index (χ1) is 12.1. The first kappa shape index (κ1) is 16.5. The van der Waals surface area contributed by atoms with Gasteiger partial charge in [-0.3, -0.25) is 4.79 Å². The molecule has 0 aliphatic rings. The van der Waals surface area contributed by atoms with E-state index in [9.17, 15) is 4.79 Å². The van der Waals surface area contributed by atoms with E-state index in [1.165, 1.54) is 14.2 Å². The van der Waals surface area contributed by atoms with E-state index in [-0.39, 0.29) is 6.42 Å². The average molecular weight is 339 g/mol. The molecule has 0 spiro atoms. The van der Waals surface area contributed by atoms with Crippen LogP contribution >= 0.6 is 0 Å². The van der Waals surface area contributed by atoms with Crippen LogP contribution in [0.2, 0.25) is 0 Å². The van der Waals surface area contributed by atoms with Crippen LogP contribution in [0.1, 0.15) is 16.7 Å². The molecule has 0 atom stereocenters. The Morgan fingerprint density at radius 1 is 1.08 bits per heavy atom. The molecule has 3 rings (SSSR count). The second kappa shape index (κ2) is 7.04. The first-order valence-electron chi connectivity index (χ1n) is 7.56. The van der Waals surface area contributed by atoms with E-state index in [4.69, 9.17) is 14.6 Å². The molecule has 2 N–H and O–H groups in total. The van der Waals surface area contributed by atoms with Crippen molar-refractivity contribution in [3.63, 3.8) is 0 Å². The largest absolute Gasteiger partial charge is 0.496 e. The molecule has 0 saturated heterocycles. The lowest BCUT2D eigenvalue weighted by Crippen LogP contribution is -2.02. The number of aromatic amines is 1. The fourth-order valence-corrected chi connectivity index (χ4v) is 2.57. The summed E-state index contributed by atoms with van der Waals surface area (Å²) in [6, 6.07) is 9.13. The van der Waals surface area contributed by atoms with Gasteiger partial charge in [0.25, 0.3) is 0 Å². The molecule has 1 heterocycles. The van der Waals surface area contributed by atoms with Crippen LogP contribution in [0.4, 0.5) is 0 Å². The number of carboxylic acids is 1. The number of nitrogens with zero attached hydrogens (tertiary/aromatic N) is 2. The normalized spacial score (nSPS) is 11.1. The van der Waals surface area contributed by atoms with Crippen molar-refractivity contribution < 1.29 is 19.4 Å². The molecule has 0 aliphatic heterocycles. The Kier molecular flexibility index (Phi) is 4.65.